The molecule has 2 aromatic rings. The van der Waals surface area contributed by atoms with E-state index in [-0.39, 0.29) is 12.2 Å². The fourth-order valence-corrected chi connectivity index (χ4v) is 2.60. The number of thiophene rings is 1. The minimum Gasteiger partial charge on any atom is -0.388 e. The van der Waals surface area contributed by atoms with Crippen molar-refractivity contribution >= 4 is 28.8 Å². The molecular weight excluding hydrogens is 319 g/mol. The first kappa shape index (κ1) is 17.1. The largest absolute Gasteiger partial charge is 0.388 e. The molecule has 7 heteroatoms. The van der Waals surface area contributed by atoms with E-state index >= 15 is 0 Å². The highest BCUT2D eigenvalue weighted by molar-refractivity contribution is 7.07. The summed E-state index contributed by atoms with van der Waals surface area (Å²) in [5.74, 6) is -2.16. The van der Waals surface area contributed by atoms with Crippen LogP contribution < -0.4 is 10.6 Å². The van der Waals surface area contributed by atoms with Crippen LogP contribution in [-0.2, 0) is 9.59 Å². The molecule has 1 atom stereocenters. The number of nitrogens with one attached hydrogen (secondary N) is 2. The van der Waals surface area contributed by atoms with E-state index in [2.05, 4.69) is 10.6 Å². The SMILES string of the molecule is Cc1ccc(NC(=O)C(=O)NCCC(O)c2ccsc2)cc1F. The number of carbonyl (C=O) groups excluding carboxylic acids is 2. The van der Waals surface area contributed by atoms with Crippen LogP contribution in [0.15, 0.2) is 35.0 Å². The smallest absolute Gasteiger partial charge is 0.313 e. The topological polar surface area (TPSA) is 78.4 Å². The average Bonchev–Trinajstić information content (AvgIpc) is 3.05. The van der Waals surface area contributed by atoms with Crippen LogP contribution in [0.25, 0.3) is 0 Å². The summed E-state index contributed by atoms with van der Waals surface area (Å²) in [5, 5.41) is 18.3. The van der Waals surface area contributed by atoms with Crippen LogP contribution in [0.3, 0.4) is 0 Å². The van der Waals surface area contributed by atoms with Gasteiger partial charge in [-0.2, -0.15) is 11.3 Å². The first-order valence-corrected chi connectivity index (χ1v) is 7.97. The Hall–Kier alpha value is -2.25. The lowest BCUT2D eigenvalue weighted by Crippen LogP contribution is -2.36. The average molecular weight is 336 g/mol. The van der Waals surface area contributed by atoms with Crippen molar-refractivity contribution in [1.82, 2.24) is 5.32 Å². The Morgan fingerprint density at radius 2 is 2.09 bits per heavy atom. The van der Waals surface area contributed by atoms with E-state index in [4.69, 9.17) is 0 Å². The zero-order valence-corrected chi connectivity index (χ0v) is 13.3. The van der Waals surface area contributed by atoms with Crippen molar-refractivity contribution in [3.63, 3.8) is 0 Å². The van der Waals surface area contributed by atoms with Gasteiger partial charge in [-0.25, -0.2) is 4.39 Å². The lowest BCUT2D eigenvalue weighted by Gasteiger charge is -2.10. The van der Waals surface area contributed by atoms with E-state index in [1.807, 2.05) is 10.8 Å². The second kappa shape index (κ2) is 7.85. The molecular formula is C16H17FN2O3S. The van der Waals surface area contributed by atoms with Gasteiger partial charge in [0.05, 0.1) is 6.10 Å². The Balaban J connectivity index is 1.78. The van der Waals surface area contributed by atoms with Crippen LogP contribution in [0.2, 0.25) is 0 Å². The van der Waals surface area contributed by atoms with Crippen molar-refractivity contribution in [2.24, 2.45) is 0 Å². The number of amides is 2. The fourth-order valence-electron chi connectivity index (χ4n) is 1.89. The highest BCUT2D eigenvalue weighted by Gasteiger charge is 2.15. The van der Waals surface area contributed by atoms with Crippen LogP contribution in [0.4, 0.5) is 10.1 Å². The normalized spacial score (nSPS) is 11.8. The molecule has 3 N–H and O–H groups in total. The maximum absolute atomic E-state index is 13.4. The molecule has 1 aromatic heterocycles. The summed E-state index contributed by atoms with van der Waals surface area (Å²) in [6.45, 7) is 1.76. The van der Waals surface area contributed by atoms with Gasteiger partial charge in [-0.3, -0.25) is 9.59 Å². The number of aryl methyl sites for hydroxylation is 1. The molecule has 2 amide bonds. The summed E-state index contributed by atoms with van der Waals surface area (Å²) in [6.07, 6.45) is -0.384. The molecule has 0 saturated carbocycles. The maximum atomic E-state index is 13.4. The Kier molecular flexibility index (Phi) is 5.84. The predicted molar refractivity (Wildman–Crippen MR) is 86.7 cm³/mol. The van der Waals surface area contributed by atoms with Crippen molar-refractivity contribution in [2.45, 2.75) is 19.4 Å². The fraction of sp³-hybridized carbons (Fsp3) is 0.250. The Morgan fingerprint density at radius 3 is 2.74 bits per heavy atom. The number of hydrogen-bond donors (Lipinski definition) is 3. The van der Waals surface area contributed by atoms with Gasteiger partial charge in [0.2, 0.25) is 0 Å². The molecule has 0 fully saturated rings. The first-order chi connectivity index (χ1) is 11.0. The van der Waals surface area contributed by atoms with Crippen molar-refractivity contribution in [2.75, 3.05) is 11.9 Å². The van der Waals surface area contributed by atoms with Crippen LogP contribution in [0.1, 0.15) is 23.7 Å². The number of aliphatic hydroxyl groups excluding tert-OH is 1. The number of aliphatic hydroxyl groups is 1. The van der Waals surface area contributed by atoms with E-state index in [0.717, 1.165) is 11.6 Å². The number of benzene rings is 1. The number of anilines is 1. The van der Waals surface area contributed by atoms with Crippen molar-refractivity contribution < 1.29 is 19.1 Å². The molecule has 0 aliphatic carbocycles. The van der Waals surface area contributed by atoms with Gasteiger partial charge in [-0.1, -0.05) is 6.07 Å². The minimum absolute atomic E-state index is 0.158. The summed E-state index contributed by atoms with van der Waals surface area (Å²) in [4.78, 5) is 23.4. The van der Waals surface area contributed by atoms with Gasteiger partial charge >= 0.3 is 11.8 Å². The molecule has 23 heavy (non-hydrogen) atoms. The zero-order valence-electron chi connectivity index (χ0n) is 12.5. The lowest BCUT2D eigenvalue weighted by molar-refractivity contribution is -0.136. The van der Waals surface area contributed by atoms with Gasteiger partial charge in [0, 0.05) is 12.2 Å². The quantitative estimate of drug-likeness (QED) is 0.734. The molecule has 0 bridgehead atoms. The molecule has 0 saturated heterocycles. The van der Waals surface area contributed by atoms with Crippen molar-refractivity contribution in [1.29, 1.82) is 0 Å². The third-order valence-corrected chi connectivity index (χ3v) is 3.97. The molecule has 0 aliphatic heterocycles. The number of rotatable bonds is 5. The van der Waals surface area contributed by atoms with E-state index in [1.54, 1.807) is 13.0 Å². The molecule has 1 unspecified atom stereocenters. The Labute approximate surface area is 137 Å². The van der Waals surface area contributed by atoms with Crippen LogP contribution >= 0.6 is 11.3 Å². The molecule has 1 aromatic carbocycles. The number of hydrogen-bond acceptors (Lipinski definition) is 4. The highest BCUT2D eigenvalue weighted by atomic mass is 32.1. The maximum Gasteiger partial charge on any atom is 0.313 e. The van der Waals surface area contributed by atoms with Gasteiger partial charge in [-0.15, -0.1) is 0 Å². The second-order valence-electron chi connectivity index (χ2n) is 5.04. The van der Waals surface area contributed by atoms with Gasteiger partial charge in [-0.05, 0) is 53.4 Å². The monoisotopic (exact) mass is 336 g/mol. The second-order valence-corrected chi connectivity index (χ2v) is 5.82. The predicted octanol–water partition coefficient (Wildman–Crippen LogP) is 2.37. The van der Waals surface area contributed by atoms with Crippen LogP contribution in [0.5, 0.6) is 0 Å². The molecule has 2 rings (SSSR count). The number of halogens is 1. The zero-order chi connectivity index (χ0) is 16.8. The van der Waals surface area contributed by atoms with E-state index in [1.165, 1.54) is 23.5 Å². The highest BCUT2D eigenvalue weighted by Crippen LogP contribution is 2.18. The third kappa shape index (κ3) is 4.87. The third-order valence-electron chi connectivity index (χ3n) is 3.27. The molecule has 0 radical (unpaired) electrons. The van der Waals surface area contributed by atoms with Crippen molar-refractivity contribution in [3.8, 4) is 0 Å². The number of carbonyl (C=O) groups is 2. The molecule has 5 nitrogen and oxygen atoms in total. The van der Waals surface area contributed by atoms with E-state index in [9.17, 15) is 19.1 Å². The Bertz CT molecular complexity index is 689. The lowest BCUT2D eigenvalue weighted by atomic mass is 10.1. The Morgan fingerprint density at radius 1 is 1.30 bits per heavy atom. The minimum atomic E-state index is -0.877. The summed E-state index contributed by atoms with van der Waals surface area (Å²) in [6, 6.07) is 5.99. The standard InChI is InChI=1S/C16H17FN2O3S/c1-10-2-3-12(8-13(10)17)19-16(22)15(21)18-6-4-14(20)11-5-7-23-9-11/h2-3,5,7-9,14,20H,4,6H2,1H3,(H,18,21)(H,19,22). The summed E-state index contributed by atoms with van der Waals surface area (Å²) in [5.41, 5.74) is 1.45. The summed E-state index contributed by atoms with van der Waals surface area (Å²) >= 11 is 1.47. The van der Waals surface area contributed by atoms with Gasteiger partial charge in [0.15, 0.2) is 0 Å². The molecule has 122 valence electrons. The van der Waals surface area contributed by atoms with E-state index in [0.29, 0.717) is 12.0 Å². The van der Waals surface area contributed by atoms with Gasteiger partial charge in [0.1, 0.15) is 5.82 Å². The van der Waals surface area contributed by atoms with Crippen molar-refractivity contribution in [3.05, 3.63) is 52.0 Å². The molecule has 0 aliphatic rings. The molecule has 0 spiro atoms. The molecule has 1 heterocycles. The van der Waals surface area contributed by atoms with Crippen LogP contribution in [-0.4, -0.2) is 23.5 Å². The van der Waals surface area contributed by atoms with Crippen LogP contribution in [0, 0.1) is 12.7 Å². The summed E-state index contributed by atoms with van der Waals surface area (Å²) in [7, 11) is 0. The summed E-state index contributed by atoms with van der Waals surface area (Å²) < 4.78 is 13.4. The van der Waals surface area contributed by atoms with Gasteiger partial charge < -0.3 is 15.7 Å². The van der Waals surface area contributed by atoms with Gasteiger partial charge in [0.25, 0.3) is 0 Å². The first-order valence-electron chi connectivity index (χ1n) is 7.03. The van der Waals surface area contributed by atoms with E-state index < -0.39 is 23.7 Å².